The summed E-state index contributed by atoms with van der Waals surface area (Å²) in [5.74, 6) is 1.56. The second-order valence-corrected chi connectivity index (χ2v) is 5.89. The molecule has 0 saturated carbocycles. The fourth-order valence-corrected chi connectivity index (χ4v) is 2.31. The molecule has 0 aliphatic rings. The summed E-state index contributed by atoms with van der Waals surface area (Å²) >= 11 is 0. The summed E-state index contributed by atoms with van der Waals surface area (Å²) in [5, 5.41) is 3.49. The van der Waals surface area contributed by atoms with Gasteiger partial charge in [0.15, 0.2) is 11.5 Å². The SMILES string of the molecule is CCC(C)NCc1ccc(OCc2ccccc2C)c(OC)c1.Cl. The molecule has 132 valence electrons. The summed E-state index contributed by atoms with van der Waals surface area (Å²) in [6.07, 6.45) is 1.12. The molecule has 24 heavy (non-hydrogen) atoms. The first-order valence-electron chi connectivity index (χ1n) is 8.21. The van der Waals surface area contributed by atoms with Crippen LogP contribution >= 0.6 is 12.4 Å². The van der Waals surface area contributed by atoms with E-state index in [1.54, 1.807) is 7.11 Å². The lowest BCUT2D eigenvalue weighted by molar-refractivity contribution is 0.283. The van der Waals surface area contributed by atoms with Crippen molar-refractivity contribution in [3.63, 3.8) is 0 Å². The smallest absolute Gasteiger partial charge is 0.161 e. The van der Waals surface area contributed by atoms with Crippen molar-refractivity contribution in [2.45, 2.75) is 46.4 Å². The summed E-state index contributed by atoms with van der Waals surface area (Å²) in [4.78, 5) is 0. The molecule has 2 rings (SSSR count). The van der Waals surface area contributed by atoms with E-state index in [4.69, 9.17) is 9.47 Å². The van der Waals surface area contributed by atoms with E-state index in [2.05, 4.69) is 44.3 Å². The van der Waals surface area contributed by atoms with Gasteiger partial charge in [-0.1, -0.05) is 37.3 Å². The highest BCUT2D eigenvalue weighted by Gasteiger charge is 2.08. The van der Waals surface area contributed by atoms with E-state index in [9.17, 15) is 0 Å². The molecule has 0 fully saturated rings. The van der Waals surface area contributed by atoms with Gasteiger partial charge in [-0.2, -0.15) is 0 Å². The molecular formula is C20H28ClNO2. The number of benzene rings is 2. The highest BCUT2D eigenvalue weighted by atomic mass is 35.5. The van der Waals surface area contributed by atoms with Gasteiger partial charge in [0.1, 0.15) is 6.61 Å². The van der Waals surface area contributed by atoms with Crippen LogP contribution in [0.2, 0.25) is 0 Å². The zero-order valence-electron chi connectivity index (χ0n) is 15.0. The molecule has 1 atom stereocenters. The molecule has 0 aliphatic carbocycles. The lowest BCUT2D eigenvalue weighted by Crippen LogP contribution is -2.24. The molecule has 0 saturated heterocycles. The predicted octanol–water partition coefficient (Wildman–Crippen LogP) is 4.89. The molecule has 2 aromatic carbocycles. The van der Waals surface area contributed by atoms with Gasteiger partial charge >= 0.3 is 0 Å². The Morgan fingerprint density at radius 2 is 1.83 bits per heavy atom. The van der Waals surface area contributed by atoms with E-state index in [0.29, 0.717) is 12.6 Å². The molecule has 0 amide bonds. The van der Waals surface area contributed by atoms with Crippen LogP contribution in [-0.2, 0) is 13.2 Å². The molecule has 0 bridgehead atoms. The van der Waals surface area contributed by atoms with Crippen LogP contribution in [-0.4, -0.2) is 13.2 Å². The van der Waals surface area contributed by atoms with Crippen LogP contribution in [0.4, 0.5) is 0 Å². The normalized spacial score (nSPS) is 11.5. The van der Waals surface area contributed by atoms with Crippen LogP contribution in [0.3, 0.4) is 0 Å². The number of ether oxygens (including phenoxy) is 2. The molecule has 1 unspecified atom stereocenters. The van der Waals surface area contributed by atoms with E-state index in [0.717, 1.165) is 24.5 Å². The van der Waals surface area contributed by atoms with Crippen molar-refractivity contribution < 1.29 is 9.47 Å². The Kier molecular flexibility index (Phi) is 8.66. The Hall–Kier alpha value is -1.71. The zero-order chi connectivity index (χ0) is 16.7. The molecule has 0 aromatic heterocycles. The summed E-state index contributed by atoms with van der Waals surface area (Å²) < 4.78 is 11.4. The van der Waals surface area contributed by atoms with Gasteiger partial charge in [0.25, 0.3) is 0 Å². The molecule has 0 radical (unpaired) electrons. The Morgan fingerprint density at radius 3 is 2.50 bits per heavy atom. The number of halogens is 1. The summed E-state index contributed by atoms with van der Waals surface area (Å²) in [6, 6.07) is 14.9. The van der Waals surface area contributed by atoms with Gasteiger partial charge in [-0.3, -0.25) is 0 Å². The largest absolute Gasteiger partial charge is 0.493 e. The quantitative estimate of drug-likeness (QED) is 0.735. The monoisotopic (exact) mass is 349 g/mol. The molecule has 0 spiro atoms. The number of nitrogens with one attached hydrogen (secondary N) is 1. The number of hydrogen-bond donors (Lipinski definition) is 1. The minimum atomic E-state index is 0. The van der Waals surface area contributed by atoms with Crippen molar-refractivity contribution in [3.8, 4) is 11.5 Å². The molecule has 1 N–H and O–H groups in total. The molecule has 0 aliphatic heterocycles. The van der Waals surface area contributed by atoms with E-state index in [1.807, 2.05) is 24.3 Å². The van der Waals surface area contributed by atoms with Gasteiger partial charge in [0.05, 0.1) is 7.11 Å². The fourth-order valence-electron chi connectivity index (χ4n) is 2.31. The zero-order valence-corrected chi connectivity index (χ0v) is 15.8. The predicted molar refractivity (Wildman–Crippen MR) is 102 cm³/mol. The third kappa shape index (κ3) is 5.73. The molecule has 4 heteroatoms. The Balaban J connectivity index is 0.00000288. The number of aryl methyl sites for hydroxylation is 1. The number of hydrogen-bond acceptors (Lipinski definition) is 3. The van der Waals surface area contributed by atoms with Crippen molar-refractivity contribution in [3.05, 3.63) is 59.2 Å². The van der Waals surface area contributed by atoms with Crippen molar-refractivity contribution >= 4 is 12.4 Å². The average molecular weight is 350 g/mol. The first kappa shape index (κ1) is 20.3. The summed E-state index contributed by atoms with van der Waals surface area (Å²) in [7, 11) is 1.68. The average Bonchev–Trinajstić information content (AvgIpc) is 2.59. The van der Waals surface area contributed by atoms with Crippen molar-refractivity contribution in [2.75, 3.05) is 7.11 Å². The van der Waals surface area contributed by atoms with E-state index in [1.165, 1.54) is 16.7 Å². The van der Waals surface area contributed by atoms with Crippen LogP contribution < -0.4 is 14.8 Å². The van der Waals surface area contributed by atoms with Crippen molar-refractivity contribution in [1.29, 1.82) is 0 Å². The first-order valence-corrected chi connectivity index (χ1v) is 8.21. The van der Waals surface area contributed by atoms with Crippen molar-refractivity contribution in [1.82, 2.24) is 5.32 Å². The van der Waals surface area contributed by atoms with Gasteiger partial charge in [-0.25, -0.2) is 0 Å². The fraction of sp³-hybridized carbons (Fsp3) is 0.400. The first-order chi connectivity index (χ1) is 11.1. The standard InChI is InChI=1S/C20H27NO2.ClH/c1-5-16(3)21-13-17-10-11-19(20(12-17)22-4)23-14-18-9-7-6-8-15(18)2;/h6-12,16,21H,5,13-14H2,1-4H3;1H. The maximum atomic E-state index is 5.95. The number of methoxy groups -OCH3 is 1. The number of rotatable bonds is 8. The van der Waals surface area contributed by atoms with Crippen LogP contribution in [0.15, 0.2) is 42.5 Å². The molecule has 3 nitrogen and oxygen atoms in total. The third-order valence-corrected chi connectivity index (χ3v) is 4.14. The van der Waals surface area contributed by atoms with Crippen LogP contribution in [0.5, 0.6) is 11.5 Å². The van der Waals surface area contributed by atoms with Gasteiger partial charge < -0.3 is 14.8 Å². The van der Waals surface area contributed by atoms with E-state index >= 15 is 0 Å². The van der Waals surface area contributed by atoms with Crippen LogP contribution in [0, 0.1) is 6.92 Å². The molecular weight excluding hydrogens is 322 g/mol. The topological polar surface area (TPSA) is 30.5 Å². The van der Waals surface area contributed by atoms with Gasteiger partial charge in [-0.15, -0.1) is 12.4 Å². The van der Waals surface area contributed by atoms with Gasteiger partial charge in [0.2, 0.25) is 0 Å². The third-order valence-electron chi connectivity index (χ3n) is 4.14. The van der Waals surface area contributed by atoms with Crippen LogP contribution in [0.1, 0.15) is 37.0 Å². The minimum Gasteiger partial charge on any atom is -0.493 e. The Labute approximate surface area is 151 Å². The maximum absolute atomic E-state index is 5.95. The maximum Gasteiger partial charge on any atom is 0.161 e. The highest BCUT2D eigenvalue weighted by Crippen LogP contribution is 2.29. The van der Waals surface area contributed by atoms with E-state index < -0.39 is 0 Å². The summed E-state index contributed by atoms with van der Waals surface area (Å²) in [5.41, 5.74) is 3.63. The highest BCUT2D eigenvalue weighted by molar-refractivity contribution is 5.85. The molecule has 0 heterocycles. The molecule has 2 aromatic rings. The lowest BCUT2D eigenvalue weighted by Gasteiger charge is -2.15. The van der Waals surface area contributed by atoms with E-state index in [-0.39, 0.29) is 12.4 Å². The van der Waals surface area contributed by atoms with Gasteiger partial charge in [0, 0.05) is 12.6 Å². The van der Waals surface area contributed by atoms with Crippen LogP contribution in [0.25, 0.3) is 0 Å². The minimum absolute atomic E-state index is 0. The second-order valence-electron chi connectivity index (χ2n) is 5.89. The second kappa shape index (κ2) is 10.2. The Bertz CT molecular complexity index is 631. The van der Waals surface area contributed by atoms with Gasteiger partial charge in [-0.05, 0) is 49.1 Å². The lowest BCUT2D eigenvalue weighted by atomic mass is 10.1. The Morgan fingerprint density at radius 1 is 1.08 bits per heavy atom. The summed E-state index contributed by atoms with van der Waals surface area (Å²) in [6.45, 7) is 7.86. The van der Waals surface area contributed by atoms with Crippen molar-refractivity contribution in [2.24, 2.45) is 0 Å².